The van der Waals surface area contributed by atoms with Gasteiger partial charge in [-0.2, -0.15) is 0 Å². The SMILES string of the molecule is CC1N(CCc2ccccc2)C(=O)c2c(O)c(=O)ccn2N1C12c3ccccc3CC1Cc1c(F)cccc12. The zero-order valence-electron chi connectivity index (χ0n) is 21.5. The molecule has 0 bridgehead atoms. The molecule has 1 aromatic heterocycles. The Kier molecular flexibility index (Phi) is 5.20. The van der Waals surface area contributed by atoms with Crippen molar-refractivity contribution in [3.05, 3.63) is 135 Å². The summed E-state index contributed by atoms with van der Waals surface area (Å²) in [6, 6.07) is 24.7. The van der Waals surface area contributed by atoms with E-state index in [2.05, 4.69) is 17.1 Å². The van der Waals surface area contributed by atoms with Crippen LogP contribution in [-0.2, 0) is 24.8 Å². The van der Waals surface area contributed by atoms with Crippen molar-refractivity contribution in [2.75, 3.05) is 11.6 Å². The second-order valence-electron chi connectivity index (χ2n) is 10.7. The molecule has 0 spiro atoms. The molecule has 0 saturated heterocycles. The number of carbonyl (C=O) groups excluding carboxylic acids is 1. The van der Waals surface area contributed by atoms with Crippen LogP contribution in [0.15, 0.2) is 89.9 Å². The molecule has 7 rings (SSSR count). The number of carbonyl (C=O) groups is 1. The van der Waals surface area contributed by atoms with Crippen molar-refractivity contribution in [1.29, 1.82) is 0 Å². The zero-order chi connectivity index (χ0) is 26.9. The molecule has 1 aliphatic heterocycles. The Hall–Kier alpha value is -4.39. The molecule has 0 radical (unpaired) electrons. The molecule has 3 unspecified atom stereocenters. The number of nitrogens with zero attached hydrogens (tertiary/aromatic N) is 3. The van der Waals surface area contributed by atoms with Gasteiger partial charge in [0.25, 0.3) is 5.91 Å². The lowest BCUT2D eigenvalue weighted by Gasteiger charge is -2.54. The Morgan fingerprint density at radius 2 is 1.67 bits per heavy atom. The van der Waals surface area contributed by atoms with Crippen molar-refractivity contribution in [3.8, 4) is 5.75 Å². The van der Waals surface area contributed by atoms with Crippen molar-refractivity contribution in [3.63, 3.8) is 0 Å². The van der Waals surface area contributed by atoms with Gasteiger partial charge in [-0.05, 0) is 60.1 Å². The maximum absolute atomic E-state index is 15.3. The molecule has 39 heavy (non-hydrogen) atoms. The van der Waals surface area contributed by atoms with Crippen LogP contribution >= 0.6 is 0 Å². The number of aromatic hydroxyl groups is 1. The highest BCUT2D eigenvalue weighted by Gasteiger charge is 2.60. The smallest absolute Gasteiger partial charge is 0.278 e. The fourth-order valence-electron chi connectivity index (χ4n) is 7.25. The molecular formula is C32H28FN3O3. The zero-order valence-corrected chi connectivity index (χ0v) is 21.5. The third kappa shape index (κ3) is 3.19. The highest BCUT2D eigenvalue weighted by Crippen LogP contribution is 2.57. The van der Waals surface area contributed by atoms with E-state index in [9.17, 15) is 14.7 Å². The predicted molar refractivity (Wildman–Crippen MR) is 146 cm³/mol. The van der Waals surface area contributed by atoms with Crippen molar-refractivity contribution in [2.24, 2.45) is 5.92 Å². The van der Waals surface area contributed by atoms with E-state index >= 15 is 4.39 Å². The second kappa shape index (κ2) is 8.56. The van der Waals surface area contributed by atoms with Crippen molar-refractivity contribution < 1.29 is 14.3 Å². The Balaban J connectivity index is 1.48. The van der Waals surface area contributed by atoms with Gasteiger partial charge < -0.3 is 10.0 Å². The van der Waals surface area contributed by atoms with Crippen LogP contribution in [0.4, 0.5) is 4.39 Å². The van der Waals surface area contributed by atoms with Crippen LogP contribution in [-0.4, -0.2) is 33.3 Å². The van der Waals surface area contributed by atoms with Crippen LogP contribution in [0.5, 0.6) is 5.75 Å². The van der Waals surface area contributed by atoms with Crippen LogP contribution in [0.3, 0.4) is 0 Å². The summed E-state index contributed by atoms with van der Waals surface area (Å²) in [6.07, 6.45) is 3.04. The molecule has 1 amide bonds. The quantitative estimate of drug-likeness (QED) is 0.434. The van der Waals surface area contributed by atoms with Gasteiger partial charge in [-0.3, -0.25) is 19.3 Å². The van der Waals surface area contributed by atoms with E-state index in [0.29, 0.717) is 24.9 Å². The fraction of sp³-hybridized carbons (Fsp3) is 0.250. The van der Waals surface area contributed by atoms with Crippen LogP contribution in [0, 0.1) is 11.7 Å². The van der Waals surface area contributed by atoms with Gasteiger partial charge in [0.2, 0.25) is 5.43 Å². The average molecular weight is 522 g/mol. The van der Waals surface area contributed by atoms with E-state index in [-0.39, 0.29) is 17.4 Å². The van der Waals surface area contributed by atoms with E-state index in [4.69, 9.17) is 0 Å². The highest BCUT2D eigenvalue weighted by atomic mass is 19.1. The van der Waals surface area contributed by atoms with Crippen LogP contribution < -0.4 is 10.4 Å². The molecule has 1 N–H and O–H groups in total. The number of hydrogen-bond acceptors (Lipinski definition) is 4. The first-order chi connectivity index (χ1) is 18.9. The summed E-state index contributed by atoms with van der Waals surface area (Å²) in [5.41, 5.74) is 3.42. The first-order valence-corrected chi connectivity index (χ1v) is 13.4. The molecular weight excluding hydrogens is 493 g/mol. The Labute approximate surface area is 225 Å². The molecule has 2 aliphatic carbocycles. The second-order valence-corrected chi connectivity index (χ2v) is 10.7. The summed E-state index contributed by atoms with van der Waals surface area (Å²) in [5.74, 6) is -1.20. The van der Waals surface area contributed by atoms with Gasteiger partial charge in [0.05, 0.1) is 0 Å². The molecule has 4 aromatic rings. The van der Waals surface area contributed by atoms with E-state index < -0.39 is 28.8 Å². The molecule has 6 nitrogen and oxygen atoms in total. The Bertz CT molecular complexity index is 1680. The summed E-state index contributed by atoms with van der Waals surface area (Å²) in [4.78, 5) is 28.3. The van der Waals surface area contributed by atoms with E-state index in [1.807, 2.05) is 55.5 Å². The van der Waals surface area contributed by atoms with Gasteiger partial charge in [-0.25, -0.2) is 4.39 Å². The maximum Gasteiger partial charge on any atom is 0.278 e. The van der Waals surface area contributed by atoms with Gasteiger partial charge in [0.15, 0.2) is 11.4 Å². The number of benzene rings is 3. The van der Waals surface area contributed by atoms with Crippen molar-refractivity contribution >= 4 is 5.91 Å². The highest BCUT2D eigenvalue weighted by molar-refractivity contribution is 5.96. The first kappa shape index (κ1) is 23.7. The number of amides is 1. The summed E-state index contributed by atoms with van der Waals surface area (Å²) in [6.45, 7) is 2.37. The van der Waals surface area contributed by atoms with Crippen LogP contribution in [0.1, 0.15) is 45.2 Å². The minimum Gasteiger partial charge on any atom is -0.502 e. The summed E-state index contributed by atoms with van der Waals surface area (Å²) >= 11 is 0. The average Bonchev–Trinajstić information content (AvgIpc) is 3.43. The lowest BCUT2D eigenvalue weighted by atomic mass is 9.81. The lowest BCUT2D eigenvalue weighted by Crippen LogP contribution is -2.68. The minimum atomic E-state index is -0.796. The molecule has 3 atom stereocenters. The number of hydrogen-bond donors (Lipinski definition) is 1. The number of pyridine rings is 1. The summed E-state index contributed by atoms with van der Waals surface area (Å²) < 4.78 is 16.9. The van der Waals surface area contributed by atoms with E-state index in [0.717, 1.165) is 23.1 Å². The Morgan fingerprint density at radius 1 is 0.923 bits per heavy atom. The topological polar surface area (TPSA) is 65.8 Å². The fourth-order valence-corrected chi connectivity index (χ4v) is 7.25. The van der Waals surface area contributed by atoms with Gasteiger partial charge in [-0.15, -0.1) is 0 Å². The van der Waals surface area contributed by atoms with Crippen molar-refractivity contribution in [2.45, 2.75) is 37.9 Å². The molecule has 2 heterocycles. The number of halogens is 1. The Morgan fingerprint density at radius 3 is 2.49 bits per heavy atom. The number of fused-ring (bicyclic) bond motifs is 6. The van der Waals surface area contributed by atoms with Gasteiger partial charge >= 0.3 is 0 Å². The first-order valence-electron chi connectivity index (χ1n) is 13.4. The lowest BCUT2D eigenvalue weighted by molar-refractivity contribution is 0.0519. The number of rotatable bonds is 4. The summed E-state index contributed by atoms with van der Waals surface area (Å²) in [7, 11) is 0. The molecule has 196 valence electrons. The van der Waals surface area contributed by atoms with E-state index in [1.54, 1.807) is 21.8 Å². The van der Waals surface area contributed by atoms with Crippen LogP contribution in [0.2, 0.25) is 0 Å². The summed E-state index contributed by atoms with van der Waals surface area (Å²) in [5, 5.41) is 13.1. The molecule has 0 fully saturated rings. The normalized spacial score (nSPS) is 22.9. The van der Waals surface area contributed by atoms with E-state index in [1.165, 1.54) is 17.7 Å². The van der Waals surface area contributed by atoms with Gasteiger partial charge in [0.1, 0.15) is 17.5 Å². The molecule has 0 saturated carbocycles. The van der Waals surface area contributed by atoms with Gasteiger partial charge in [0, 0.05) is 24.7 Å². The van der Waals surface area contributed by atoms with Gasteiger partial charge in [-0.1, -0.05) is 66.7 Å². The third-order valence-electron chi connectivity index (χ3n) is 8.87. The van der Waals surface area contributed by atoms with Crippen molar-refractivity contribution in [1.82, 2.24) is 9.58 Å². The standard InChI is InChI=1S/C32H28FN3O3/c1-20-34(16-14-21-8-3-2-4-9-21)31(39)29-30(38)28(37)15-17-35(29)36(20)32-23(18-22-10-5-6-11-25(22)32)19-24-26(32)12-7-13-27(24)33/h2-13,15,17,20,23,38H,14,16,18-19H2,1H3. The maximum atomic E-state index is 15.3. The molecule has 3 aromatic carbocycles. The predicted octanol–water partition coefficient (Wildman–Crippen LogP) is 4.35. The molecule has 3 aliphatic rings. The molecule has 7 heteroatoms. The minimum absolute atomic E-state index is 0.00264. The third-order valence-corrected chi connectivity index (χ3v) is 8.87. The number of aromatic nitrogens is 1. The van der Waals surface area contributed by atoms with Crippen LogP contribution in [0.25, 0.3) is 0 Å². The monoisotopic (exact) mass is 521 g/mol. The largest absolute Gasteiger partial charge is 0.502 e.